The molecule has 5 nitrogen and oxygen atoms in total. The maximum Gasteiger partial charge on any atom is 0.264 e. The number of benzene rings is 2. The highest BCUT2D eigenvalue weighted by molar-refractivity contribution is 8.01. The van der Waals surface area contributed by atoms with E-state index in [1.807, 2.05) is 6.07 Å². The summed E-state index contributed by atoms with van der Waals surface area (Å²) in [4.78, 5) is 13.8. The van der Waals surface area contributed by atoms with Crippen LogP contribution in [0.5, 0.6) is 0 Å². The maximum atomic E-state index is 13.5. The summed E-state index contributed by atoms with van der Waals surface area (Å²) in [5.74, 6) is -0.196. The predicted molar refractivity (Wildman–Crippen MR) is 124 cm³/mol. The molecule has 0 spiro atoms. The van der Waals surface area contributed by atoms with Crippen LogP contribution in [-0.4, -0.2) is 32.2 Å². The second kappa shape index (κ2) is 8.27. The average Bonchev–Trinajstić information content (AvgIpc) is 2.80. The molecule has 0 unspecified atom stereocenters. The quantitative estimate of drug-likeness (QED) is 0.723. The van der Waals surface area contributed by atoms with Gasteiger partial charge in [-0.15, -0.1) is 11.8 Å². The number of hydrogen-bond acceptors (Lipinski definition) is 4. The third kappa shape index (κ3) is 5.19. The molecule has 7 heteroatoms. The van der Waals surface area contributed by atoms with Gasteiger partial charge in [0.1, 0.15) is 0 Å². The number of amides is 1. The molecule has 0 aliphatic carbocycles. The molecule has 0 saturated carbocycles. The Balaban J connectivity index is 2.04. The van der Waals surface area contributed by atoms with Crippen molar-refractivity contribution in [3.05, 3.63) is 54.1 Å². The van der Waals surface area contributed by atoms with Gasteiger partial charge in [0.15, 0.2) is 0 Å². The third-order valence-corrected chi connectivity index (χ3v) is 8.05. The molecule has 1 amide bonds. The van der Waals surface area contributed by atoms with Gasteiger partial charge in [-0.05, 0) is 42.2 Å². The first-order chi connectivity index (χ1) is 13.9. The Morgan fingerprint density at radius 2 is 1.80 bits per heavy atom. The Morgan fingerprint density at radius 1 is 1.13 bits per heavy atom. The van der Waals surface area contributed by atoms with Crippen LogP contribution in [0.1, 0.15) is 51.4 Å². The lowest BCUT2D eigenvalue weighted by Crippen LogP contribution is -2.34. The molecule has 30 heavy (non-hydrogen) atoms. The van der Waals surface area contributed by atoms with Crippen LogP contribution < -0.4 is 9.62 Å². The van der Waals surface area contributed by atoms with Crippen molar-refractivity contribution in [2.24, 2.45) is 5.41 Å². The smallest absolute Gasteiger partial charge is 0.264 e. The second-order valence-electron chi connectivity index (χ2n) is 9.43. The zero-order chi connectivity index (χ0) is 22.2. The molecule has 0 aromatic heterocycles. The number of carbonyl (C=O) groups is 1. The number of rotatable bonds is 4. The molecule has 0 saturated heterocycles. The van der Waals surface area contributed by atoms with Gasteiger partial charge in [0.2, 0.25) is 0 Å². The van der Waals surface area contributed by atoms with Gasteiger partial charge in [0.05, 0.1) is 10.6 Å². The van der Waals surface area contributed by atoms with E-state index in [9.17, 15) is 13.2 Å². The highest BCUT2D eigenvalue weighted by atomic mass is 32.2. The fourth-order valence-corrected chi connectivity index (χ4v) is 5.95. The molecular formula is C23H30N2O3S2. The van der Waals surface area contributed by atoms with E-state index in [1.54, 1.807) is 54.2 Å². The van der Waals surface area contributed by atoms with Crippen LogP contribution in [0.4, 0.5) is 5.69 Å². The first kappa shape index (κ1) is 22.7. The third-order valence-electron chi connectivity index (χ3n) is 4.90. The van der Waals surface area contributed by atoms with Crippen LogP contribution in [-0.2, 0) is 10.0 Å². The minimum Gasteiger partial charge on any atom is -0.352 e. The van der Waals surface area contributed by atoms with E-state index in [4.69, 9.17) is 0 Å². The minimum absolute atomic E-state index is 0.0378. The molecule has 2 aromatic carbocycles. The molecule has 0 atom stereocenters. The van der Waals surface area contributed by atoms with Gasteiger partial charge < -0.3 is 5.32 Å². The number of nitrogens with zero attached hydrogens (tertiary/aromatic N) is 1. The molecule has 1 heterocycles. The van der Waals surface area contributed by atoms with Crippen molar-refractivity contribution in [1.29, 1.82) is 0 Å². The van der Waals surface area contributed by atoms with Crippen molar-refractivity contribution in [3.63, 3.8) is 0 Å². The number of anilines is 1. The van der Waals surface area contributed by atoms with Crippen molar-refractivity contribution in [2.45, 2.75) is 55.6 Å². The highest BCUT2D eigenvalue weighted by Gasteiger charge is 2.34. The van der Waals surface area contributed by atoms with E-state index in [1.165, 1.54) is 4.31 Å². The zero-order valence-corrected chi connectivity index (χ0v) is 19.9. The van der Waals surface area contributed by atoms with Gasteiger partial charge in [-0.2, -0.15) is 0 Å². The van der Waals surface area contributed by atoms with Gasteiger partial charge in [-0.3, -0.25) is 9.10 Å². The fourth-order valence-electron chi connectivity index (χ4n) is 3.20. The van der Waals surface area contributed by atoms with Crippen LogP contribution in [0.15, 0.2) is 58.3 Å². The van der Waals surface area contributed by atoms with Gasteiger partial charge in [-0.1, -0.05) is 52.8 Å². The van der Waals surface area contributed by atoms with Crippen LogP contribution in [0.3, 0.4) is 0 Å². The van der Waals surface area contributed by atoms with E-state index in [0.717, 1.165) is 4.90 Å². The number of hydrogen-bond donors (Lipinski definition) is 1. The van der Waals surface area contributed by atoms with Crippen molar-refractivity contribution in [1.82, 2.24) is 5.32 Å². The van der Waals surface area contributed by atoms with Crippen LogP contribution >= 0.6 is 11.8 Å². The molecule has 1 N–H and O–H groups in total. The zero-order valence-electron chi connectivity index (χ0n) is 18.2. The Morgan fingerprint density at radius 3 is 2.43 bits per heavy atom. The van der Waals surface area contributed by atoms with Gasteiger partial charge in [-0.25, -0.2) is 8.42 Å². The summed E-state index contributed by atoms with van der Waals surface area (Å²) in [5, 5.41) is 2.95. The minimum atomic E-state index is -3.74. The van der Waals surface area contributed by atoms with Crippen molar-refractivity contribution in [3.8, 4) is 0 Å². The number of thioether (sulfide) groups is 1. The molecule has 0 fully saturated rings. The molecule has 1 aliphatic rings. The van der Waals surface area contributed by atoms with E-state index < -0.39 is 10.0 Å². The predicted octanol–water partition coefficient (Wildman–Crippen LogP) is 4.93. The first-order valence-corrected chi connectivity index (χ1v) is 12.3. The Hall–Kier alpha value is -1.99. The maximum absolute atomic E-state index is 13.5. The molecule has 162 valence electrons. The summed E-state index contributed by atoms with van der Waals surface area (Å²) in [5.41, 5.74) is 0.994. The van der Waals surface area contributed by atoms with E-state index >= 15 is 0 Å². The lowest BCUT2D eigenvalue weighted by atomic mass is 9.97. The summed E-state index contributed by atoms with van der Waals surface area (Å²) in [6.45, 7) is 11.3. The summed E-state index contributed by atoms with van der Waals surface area (Å²) in [6.07, 6.45) is 0.698. The topological polar surface area (TPSA) is 66.5 Å². The Bertz CT molecular complexity index is 1030. The fraction of sp³-hybridized carbons (Fsp3) is 0.435. The molecular weight excluding hydrogens is 416 g/mol. The molecule has 0 bridgehead atoms. The number of carbonyl (C=O) groups excluding carboxylic acids is 1. The van der Waals surface area contributed by atoms with Crippen molar-refractivity contribution < 1.29 is 13.2 Å². The van der Waals surface area contributed by atoms with E-state index in [2.05, 4.69) is 39.9 Å². The van der Waals surface area contributed by atoms with Gasteiger partial charge in [0.25, 0.3) is 15.9 Å². The molecule has 2 aromatic rings. The molecule has 3 rings (SSSR count). The average molecular weight is 447 g/mol. The van der Waals surface area contributed by atoms with E-state index in [-0.39, 0.29) is 21.0 Å². The number of sulfonamides is 1. The largest absolute Gasteiger partial charge is 0.352 e. The lowest BCUT2D eigenvalue weighted by Gasteiger charge is -2.25. The second-order valence-corrected chi connectivity index (χ2v) is 13.0. The number of nitrogens with one attached hydrogen (secondary N) is 1. The summed E-state index contributed by atoms with van der Waals surface area (Å²) < 4.78 is 28.3. The molecule has 0 radical (unpaired) electrons. The summed E-state index contributed by atoms with van der Waals surface area (Å²) in [7, 11) is -3.74. The normalized spacial score (nSPS) is 16.5. The van der Waals surface area contributed by atoms with Crippen molar-refractivity contribution >= 4 is 33.4 Å². The Labute approximate surface area is 184 Å². The van der Waals surface area contributed by atoms with Gasteiger partial charge in [0, 0.05) is 28.3 Å². The van der Waals surface area contributed by atoms with Crippen molar-refractivity contribution in [2.75, 3.05) is 17.4 Å². The Kier molecular flexibility index (Phi) is 6.25. The highest BCUT2D eigenvalue weighted by Crippen LogP contribution is 2.45. The van der Waals surface area contributed by atoms with Crippen LogP contribution in [0, 0.1) is 5.41 Å². The number of fused-ring (bicyclic) bond motifs is 1. The van der Waals surface area contributed by atoms with Crippen LogP contribution in [0.25, 0.3) is 0 Å². The van der Waals surface area contributed by atoms with Gasteiger partial charge >= 0.3 is 0 Å². The van der Waals surface area contributed by atoms with E-state index in [0.29, 0.717) is 30.8 Å². The lowest BCUT2D eigenvalue weighted by molar-refractivity contribution is 0.0939. The standard InChI is InChI=1S/C23H30N2O3S2/c1-22(2,3)16-24-21(26)17-11-12-20-19(15-17)25(14-13-23(4,5)29-20)30(27,28)18-9-7-6-8-10-18/h6-12,15H,13-14,16H2,1-5H3,(H,24,26). The molecule has 1 aliphatic heterocycles. The monoisotopic (exact) mass is 446 g/mol. The summed E-state index contributed by atoms with van der Waals surface area (Å²) >= 11 is 1.65. The van der Waals surface area contributed by atoms with Crippen LogP contribution in [0.2, 0.25) is 0 Å². The SMILES string of the molecule is CC(C)(C)CNC(=O)c1ccc2c(c1)N(S(=O)(=O)c1ccccc1)CCC(C)(C)S2. The first-order valence-electron chi connectivity index (χ1n) is 10.1. The summed E-state index contributed by atoms with van der Waals surface area (Å²) in [6, 6.07) is 13.8.